The zero-order valence-electron chi connectivity index (χ0n) is 10.5. The van der Waals surface area contributed by atoms with Gasteiger partial charge in [0, 0.05) is 0 Å². The average molecular weight is 288 g/mol. The Kier molecular flexibility index (Phi) is 4.10. The molecule has 1 aromatic heterocycles. The van der Waals surface area contributed by atoms with Crippen molar-refractivity contribution in [2.24, 2.45) is 5.73 Å². The van der Waals surface area contributed by atoms with Crippen LogP contribution in [0.4, 0.5) is 13.2 Å². The van der Waals surface area contributed by atoms with Gasteiger partial charge in [-0.2, -0.15) is 13.2 Å². The molecule has 0 aliphatic rings. The van der Waals surface area contributed by atoms with Crippen LogP contribution in [0.15, 0.2) is 18.2 Å². The number of hydrogen-bond acceptors (Lipinski definition) is 3. The van der Waals surface area contributed by atoms with E-state index in [2.05, 4.69) is 11.9 Å². The Morgan fingerprint density at radius 2 is 2.11 bits per heavy atom. The molecule has 2 N–H and O–H groups in total. The molecule has 2 rings (SSSR count). The second kappa shape index (κ2) is 5.46. The van der Waals surface area contributed by atoms with Crippen LogP contribution in [0.5, 0.6) is 0 Å². The number of nitrogens with two attached hydrogens (primary N) is 1. The predicted molar refractivity (Wildman–Crippen MR) is 71.1 cm³/mol. The van der Waals surface area contributed by atoms with Crippen molar-refractivity contribution in [2.75, 3.05) is 0 Å². The molecule has 0 aliphatic carbocycles. The van der Waals surface area contributed by atoms with Crippen molar-refractivity contribution >= 4 is 21.6 Å². The van der Waals surface area contributed by atoms with E-state index >= 15 is 0 Å². The first kappa shape index (κ1) is 14.3. The Balaban J connectivity index is 2.30. The molecule has 104 valence electrons. The van der Waals surface area contributed by atoms with Crippen LogP contribution in [0.2, 0.25) is 0 Å². The Morgan fingerprint density at radius 3 is 2.74 bits per heavy atom. The van der Waals surface area contributed by atoms with E-state index in [0.717, 1.165) is 36.1 Å². The fourth-order valence-corrected chi connectivity index (χ4v) is 2.81. The number of alkyl halides is 3. The summed E-state index contributed by atoms with van der Waals surface area (Å²) < 4.78 is 38.5. The number of nitrogens with zero attached hydrogens (tertiary/aromatic N) is 1. The maximum absolute atomic E-state index is 12.6. The lowest BCUT2D eigenvalue weighted by Gasteiger charge is -2.06. The Labute approximate surface area is 113 Å². The van der Waals surface area contributed by atoms with E-state index in [0.29, 0.717) is 10.5 Å². The maximum Gasteiger partial charge on any atom is 0.416 e. The van der Waals surface area contributed by atoms with E-state index in [1.807, 2.05) is 0 Å². The Hall–Kier alpha value is -1.14. The standard InChI is InChI=1S/C13H15F3N2S/c1-2-3-4-9(17)12-18-10-7-8(13(14,15)16)5-6-11(10)19-12/h5-7,9H,2-4,17H2,1H3. The molecular formula is C13H15F3N2S. The number of halogens is 3. The quantitative estimate of drug-likeness (QED) is 0.899. The van der Waals surface area contributed by atoms with Gasteiger partial charge < -0.3 is 5.73 Å². The van der Waals surface area contributed by atoms with Crippen molar-refractivity contribution < 1.29 is 13.2 Å². The van der Waals surface area contributed by atoms with Crippen LogP contribution in [-0.4, -0.2) is 4.98 Å². The van der Waals surface area contributed by atoms with Crippen molar-refractivity contribution in [3.63, 3.8) is 0 Å². The highest BCUT2D eigenvalue weighted by Gasteiger charge is 2.30. The van der Waals surface area contributed by atoms with Crippen LogP contribution in [0.25, 0.3) is 10.2 Å². The first-order valence-corrected chi connectivity index (χ1v) is 6.96. The van der Waals surface area contributed by atoms with Gasteiger partial charge in [-0.25, -0.2) is 4.98 Å². The first-order chi connectivity index (χ1) is 8.91. The van der Waals surface area contributed by atoms with Gasteiger partial charge in [-0.1, -0.05) is 19.8 Å². The fourth-order valence-electron chi connectivity index (χ4n) is 1.83. The number of rotatable bonds is 4. The minimum absolute atomic E-state index is 0.188. The van der Waals surface area contributed by atoms with Crippen LogP contribution in [0.3, 0.4) is 0 Å². The van der Waals surface area contributed by atoms with Gasteiger partial charge in [-0.15, -0.1) is 11.3 Å². The summed E-state index contributed by atoms with van der Waals surface area (Å²) in [6.45, 7) is 2.07. The largest absolute Gasteiger partial charge is 0.416 e. The second-order valence-corrected chi connectivity index (χ2v) is 5.54. The summed E-state index contributed by atoms with van der Waals surface area (Å²) in [6, 6.07) is 3.45. The highest BCUT2D eigenvalue weighted by Crippen LogP contribution is 2.34. The summed E-state index contributed by atoms with van der Waals surface area (Å²) in [7, 11) is 0. The van der Waals surface area contributed by atoms with E-state index in [9.17, 15) is 13.2 Å². The van der Waals surface area contributed by atoms with Gasteiger partial charge in [0.2, 0.25) is 0 Å². The summed E-state index contributed by atoms with van der Waals surface area (Å²) in [6.07, 6.45) is -1.49. The van der Waals surface area contributed by atoms with Crippen LogP contribution in [0.1, 0.15) is 42.8 Å². The molecule has 0 saturated heterocycles. The number of aromatic nitrogens is 1. The molecule has 0 fully saturated rings. The molecule has 1 heterocycles. The Bertz CT molecular complexity index is 563. The van der Waals surface area contributed by atoms with E-state index in [4.69, 9.17) is 5.73 Å². The lowest BCUT2D eigenvalue weighted by atomic mass is 10.1. The van der Waals surface area contributed by atoms with Gasteiger partial charge in [-0.05, 0) is 24.6 Å². The van der Waals surface area contributed by atoms with E-state index < -0.39 is 11.7 Å². The molecule has 2 aromatic rings. The highest BCUT2D eigenvalue weighted by atomic mass is 32.1. The highest BCUT2D eigenvalue weighted by molar-refractivity contribution is 7.18. The summed E-state index contributed by atoms with van der Waals surface area (Å²) >= 11 is 1.37. The average Bonchev–Trinajstić information content (AvgIpc) is 2.77. The van der Waals surface area contributed by atoms with Gasteiger partial charge >= 0.3 is 6.18 Å². The molecule has 1 unspecified atom stereocenters. The SMILES string of the molecule is CCCCC(N)c1nc2cc(C(F)(F)F)ccc2s1. The van der Waals surface area contributed by atoms with Crippen LogP contribution in [0, 0.1) is 0 Å². The van der Waals surface area contributed by atoms with Gasteiger partial charge in [0.1, 0.15) is 5.01 Å². The predicted octanol–water partition coefficient (Wildman–Crippen LogP) is 4.51. The number of hydrogen-bond donors (Lipinski definition) is 1. The number of thiazole rings is 1. The molecule has 0 spiro atoms. The number of unbranched alkanes of at least 4 members (excludes halogenated alkanes) is 1. The molecule has 0 saturated carbocycles. The van der Waals surface area contributed by atoms with Crippen molar-refractivity contribution in [1.82, 2.24) is 4.98 Å². The van der Waals surface area contributed by atoms with Gasteiger partial charge in [0.05, 0.1) is 21.8 Å². The molecule has 19 heavy (non-hydrogen) atoms. The molecule has 6 heteroatoms. The molecule has 0 amide bonds. The van der Waals surface area contributed by atoms with Gasteiger partial charge in [0.15, 0.2) is 0 Å². The van der Waals surface area contributed by atoms with Crippen molar-refractivity contribution in [3.8, 4) is 0 Å². The van der Waals surface area contributed by atoms with E-state index in [-0.39, 0.29) is 6.04 Å². The third-order valence-electron chi connectivity index (χ3n) is 2.92. The minimum Gasteiger partial charge on any atom is -0.322 e. The third-order valence-corrected chi connectivity index (χ3v) is 4.09. The molecule has 1 atom stereocenters. The summed E-state index contributed by atoms with van der Waals surface area (Å²) in [4.78, 5) is 4.23. The summed E-state index contributed by atoms with van der Waals surface area (Å²) in [5, 5.41) is 0.711. The van der Waals surface area contributed by atoms with Crippen LogP contribution in [-0.2, 0) is 6.18 Å². The molecule has 0 radical (unpaired) electrons. The fraction of sp³-hybridized carbons (Fsp3) is 0.462. The minimum atomic E-state index is -4.33. The molecule has 1 aromatic carbocycles. The van der Waals surface area contributed by atoms with E-state index in [1.165, 1.54) is 17.4 Å². The Morgan fingerprint density at radius 1 is 1.37 bits per heavy atom. The maximum atomic E-state index is 12.6. The van der Waals surface area contributed by atoms with Crippen molar-refractivity contribution in [3.05, 3.63) is 28.8 Å². The second-order valence-electron chi connectivity index (χ2n) is 4.48. The zero-order valence-corrected chi connectivity index (χ0v) is 11.3. The molecular weight excluding hydrogens is 273 g/mol. The molecule has 0 aliphatic heterocycles. The van der Waals surface area contributed by atoms with Crippen LogP contribution >= 0.6 is 11.3 Å². The molecule has 2 nitrogen and oxygen atoms in total. The van der Waals surface area contributed by atoms with E-state index in [1.54, 1.807) is 0 Å². The van der Waals surface area contributed by atoms with Crippen molar-refractivity contribution in [1.29, 1.82) is 0 Å². The lowest BCUT2D eigenvalue weighted by Crippen LogP contribution is -2.09. The number of benzene rings is 1. The van der Waals surface area contributed by atoms with Crippen molar-refractivity contribution in [2.45, 2.75) is 38.4 Å². The van der Waals surface area contributed by atoms with Crippen LogP contribution < -0.4 is 5.73 Å². The zero-order chi connectivity index (χ0) is 14.0. The van der Waals surface area contributed by atoms with Gasteiger partial charge in [0.25, 0.3) is 0 Å². The normalized spacial score (nSPS) is 13.9. The number of fused-ring (bicyclic) bond motifs is 1. The summed E-state index contributed by atoms with van der Waals surface area (Å²) in [5.74, 6) is 0. The third kappa shape index (κ3) is 3.25. The topological polar surface area (TPSA) is 38.9 Å². The van der Waals surface area contributed by atoms with Gasteiger partial charge in [-0.3, -0.25) is 0 Å². The smallest absolute Gasteiger partial charge is 0.322 e. The lowest BCUT2D eigenvalue weighted by molar-refractivity contribution is -0.137. The monoisotopic (exact) mass is 288 g/mol. The first-order valence-electron chi connectivity index (χ1n) is 6.15. The molecule has 0 bridgehead atoms. The summed E-state index contributed by atoms with van der Waals surface area (Å²) in [5.41, 5.74) is 5.70.